The summed E-state index contributed by atoms with van der Waals surface area (Å²) in [6.07, 6.45) is 2.14. The van der Waals surface area contributed by atoms with Gasteiger partial charge >= 0.3 is 0 Å². The zero-order valence-corrected chi connectivity index (χ0v) is 13.4. The minimum absolute atomic E-state index is 0.273. The maximum Gasteiger partial charge on any atom is 0.0934 e. The van der Waals surface area contributed by atoms with E-state index in [1.807, 2.05) is 19.1 Å². The minimum Gasteiger partial charge on any atom is -0.377 e. The van der Waals surface area contributed by atoms with Crippen LogP contribution in [-0.4, -0.2) is 0 Å². The zero-order valence-electron chi connectivity index (χ0n) is 10.3. The topological polar surface area (TPSA) is 12.0 Å². The fraction of sp³-hybridized carbons (Fsp3) is 0.286. The summed E-state index contributed by atoms with van der Waals surface area (Å²) in [6.45, 7) is 1.95. The average molecular weight is 333 g/mol. The number of halogens is 3. The number of rotatable bonds is 2. The van der Waals surface area contributed by atoms with Crippen molar-refractivity contribution in [3.05, 3.63) is 48.6 Å². The number of hydrogen-bond acceptors (Lipinski definition) is 2. The van der Waals surface area contributed by atoms with Gasteiger partial charge in [-0.25, -0.2) is 0 Å². The molecule has 1 N–H and O–H groups in total. The summed E-state index contributed by atoms with van der Waals surface area (Å²) in [5, 5.41) is 4.91. The largest absolute Gasteiger partial charge is 0.377 e. The predicted octanol–water partition coefficient (Wildman–Crippen LogP) is 6.12. The number of hydrogen-bond donors (Lipinski definition) is 1. The first-order valence-electron chi connectivity index (χ1n) is 6.05. The molecule has 0 fully saturated rings. The van der Waals surface area contributed by atoms with Gasteiger partial charge in [0, 0.05) is 9.90 Å². The maximum atomic E-state index is 6.27. The van der Waals surface area contributed by atoms with E-state index in [-0.39, 0.29) is 6.04 Å². The molecular weight excluding hydrogens is 321 g/mol. The molecule has 0 bridgehead atoms. The highest BCUT2D eigenvalue weighted by atomic mass is 35.5. The lowest BCUT2D eigenvalue weighted by Gasteiger charge is -2.16. The number of benzene rings is 1. The second-order valence-electron chi connectivity index (χ2n) is 4.75. The molecule has 1 aromatic carbocycles. The summed E-state index contributed by atoms with van der Waals surface area (Å²) < 4.78 is 0.851. The molecular formula is C14H12Cl3NS. The summed E-state index contributed by atoms with van der Waals surface area (Å²) >= 11 is 20.2. The van der Waals surface area contributed by atoms with Crippen molar-refractivity contribution < 1.29 is 0 Å². The van der Waals surface area contributed by atoms with Gasteiger partial charge in [-0.2, -0.15) is 0 Å². The molecule has 100 valence electrons. The first-order chi connectivity index (χ1) is 9.04. The van der Waals surface area contributed by atoms with Gasteiger partial charge in [0.15, 0.2) is 0 Å². The summed E-state index contributed by atoms with van der Waals surface area (Å²) in [4.78, 5) is 1.37. The molecule has 1 unspecified atom stereocenters. The highest BCUT2D eigenvalue weighted by Gasteiger charge is 2.25. The van der Waals surface area contributed by atoms with Crippen molar-refractivity contribution in [1.29, 1.82) is 0 Å². The Kier molecular flexibility index (Phi) is 3.69. The van der Waals surface area contributed by atoms with Crippen LogP contribution in [0.2, 0.25) is 14.4 Å². The average Bonchev–Trinajstić information content (AvgIpc) is 2.87. The first-order valence-corrected chi connectivity index (χ1v) is 8.00. The van der Waals surface area contributed by atoms with Crippen molar-refractivity contribution in [3.63, 3.8) is 0 Å². The molecule has 0 aliphatic heterocycles. The van der Waals surface area contributed by atoms with Gasteiger partial charge in [0.2, 0.25) is 0 Å². The van der Waals surface area contributed by atoms with Crippen molar-refractivity contribution in [1.82, 2.24) is 0 Å². The SMILES string of the molecule is Cc1cc(Cl)c(NC2CCc3sc(Cl)cc32)cc1Cl. The molecule has 19 heavy (non-hydrogen) atoms. The molecule has 5 heteroatoms. The second kappa shape index (κ2) is 5.17. The van der Waals surface area contributed by atoms with Gasteiger partial charge in [0.1, 0.15) is 0 Å². The number of aryl methyl sites for hydroxylation is 2. The van der Waals surface area contributed by atoms with Gasteiger partial charge in [-0.05, 0) is 49.1 Å². The van der Waals surface area contributed by atoms with E-state index in [9.17, 15) is 0 Å². The minimum atomic E-state index is 0.273. The van der Waals surface area contributed by atoms with Gasteiger partial charge in [0.05, 0.1) is 21.1 Å². The fourth-order valence-electron chi connectivity index (χ4n) is 2.42. The molecule has 2 aromatic rings. The maximum absolute atomic E-state index is 6.27. The first kappa shape index (κ1) is 13.6. The standard InChI is InChI=1S/C14H12Cl3NS/c1-7-4-10(16)12(6-9(7)15)18-11-2-3-13-8(11)5-14(17)19-13/h4-6,11,18H,2-3H2,1H3. The third-order valence-electron chi connectivity index (χ3n) is 3.43. The van der Waals surface area contributed by atoms with Crippen molar-refractivity contribution in [3.8, 4) is 0 Å². The van der Waals surface area contributed by atoms with Crippen molar-refractivity contribution in [2.24, 2.45) is 0 Å². The van der Waals surface area contributed by atoms with Gasteiger partial charge < -0.3 is 5.32 Å². The monoisotopic (exact) mass is 331 g/mol. The van der Waals surface area contributed by atoms with Crippen LogP contribution in [0.3, 0.4) is 0 Å². The van der Waals surface area contributed by atoms with E-state index in [4.69, 9.17) is 34.8 Å². The normalized spacial score (nSPS) is 17.6. The van der Waals surface area contributed by atoms with E-state index in [1.54, 1.807) is 11.3 Å². The van der Waals surface area contributed by atoms with Crippen LogP contribution >= 0.6 is 46.1 Å². The molecule has 0 spiro atoms. The zero-order chi connectivity index (χ0) is 13.6. The van der Waals surface area contributed by atoms with E-state index >= 15 is 0 Å². The summed E-state index contributed by atoms with van der Waals surface area (Å²) in [7, 11) is 0. The van der Waals surface area contributed by atoms with Crippen molar-refractivity contribution >= 4 is 51.8 Å². The Morgan fingerprint density at radius 1 is 1.16 bits per heavy atom. The van der Waals surface area contributed by atoms with E-state index < -0.39 is 0 Å². The summed E-state index contributed by atoms with van der Waals surface area (Å²) in [5.41, 5.74) is 3.17. The lowest BCUT2D eigenvalue weighted by atomic mass is 10.1. The lowest BCUT2D eigenvalue weighted by Crippen LogP contribution is -2.07. The van der Waals surface area contributed by atoms with E-state index in [0.717, 1.165) is 33.5 Å². The van der Waals surface area contributed by atoms with Crippen LogP contribution in [0.5, 0.6) is 0 Å². The molecule has 0 saturated carbocycles. The third-order valence-corrected chi connectivity index (χ3v) is 5.48. The van der Waals surface area contributed by atoms with Gasteiger partial charge in [0.25, 0.3) is 0 Å². The molecule has 1 aliphatic rings. The van der Waals surface area contributed by atoms with Crippen LogP contribution in [0.15, 0.2) is 18.2 Å². The van der Waals surface area contributed by atoms with Crippen LogP contribution in [0.1, 0.15) is 28.5 Å². The van der Waals surface area contributed by atoms with Gasteiger partial charge in [-0.1, -0.05) is 34.8 Å². The summed E-state index contributed by atoms with van der Waals surface area (Å²) in [6, 6.07) is 6.11. The number of thiophene rings is 1. The molecule has 1 atom stereocenters. The van der Waals surface area contributed by atoms with E-state index in [0.29, 0.717) is 5.02 Å². The quantitative estimate of drug-likeness (QED) is 0.699. The molecule has 1 aromatic heterocycles. The van der Waals surface area contributed by atoms with E-state index in [1.165, 1.54) is 10.4 Å². The van der Waals surface area contributed by atoms with Crippen LogP contribution < -0.4 is 5.32 Å². The highest BCUT2D eigenvalue weighted by Crippen LogP contribution is 2.42. The number of anilines is 1. The lowest BCUT2D eigenvalue weighted by molar-refractivity contribution is 0.762. The Hall–Kier alpha value is -0.410. The Bertz CT molecular complexity index is 636. The molecule has 3 rings (SSSR count). The molecule has 0 saturated heterocycles. The second-order valence-corrected chi connectivity index (χ2v) is 7.33. The van der Waals surface area contributed by atoms with Gasteiger partial charge in [-0.3, -0.25) is 0 Å². The molecule has 1 nitrogen and oxygen atoms in total. The molecule has 0 radical (unpaired) electrons. The third kappa shape index (κ3) is 2.59. The Morgan fingerprint density at radius 3 is 2.74 bits per heavy atom. The molecule has 0 amide bonds. The van der Waals surface area contributed by atoms with Crippen LogP contribution in [0.4, 0.5) is 5.69 Å². The van der Waals surface area contributed by atoms with E-state index in [2.05, 4.69) is 11.4 Å². The number of fused-ring (bicyclic) bond motifs is 1. The molecule has 1 aliphatic carbocycles. The smallest absolute Gasteiger partial charge is 0.0934 e. The summed E-state index contributed by atoms with van der Waals surface area (Å²) in [5.74, 6) is 0. The Labute approximate surface area is 131 Å². The highest BCUT2D eigenvalue weighted by molar-refractivity contribution is 7.16. The van der Waals surface area contributed by atoms with Crippen LogP contribution in [0.25, 0.3) is 0 Å². The van der Waals surface area contributed by atoms with Crippen LogP contribution in [0, 0.1) is 6.92 Å². The Morgan fingerprint density at radius 2 is 1.95 bits per heavy atom. The predicted molar refractivity (Wildman–Crippen MR) is 85.2 cm³/mol. The fourth-order valence-corrected chi connectivity index (χ4v) is 4.22. The van der Waals surface area contributed by atoms with Crippen LogP contribution in [-0.2, 0) is 6.42 Å². The number of nitrogens with one attached hydrogen (secondary N) is 1. The van der Waals surface area contributed by atoms with Crippen molar-refractivity contribution in [2.75, 3.05) is 5.32 Å². The van der Waals surface area contributed by atoms with Gasteiger partial charge in [-0.15, -0.1) is 11.3 Å². The van der Waals surface area contributed by atoms with Crippen molar-refractivity contribution in [2.45, 2.75) is 25.8 Å². The molecule has 1 heterocycles. The Balaban J connectivity index is 1.89.